The lowest BCUT2D eigenvalue weighted by atomic mass is 10.00. The van der Waals surface area contributed by atoms with Crippen molar-refractivity contribution in [3.8, 4) is 16.9 Å². The number of rotatable bonds is 7. The Morgan fingerprint density at radius 3 is 2.35 bits per heavy atom. The minimum atomic E-state index is 0.802. The highest BCUT2D eigenvalue weighted by Crippen LogP contribution is 2.32. The van der Waals surface area contributed by atoms with Crippen molar-refractivity contribution in [1.82, 2.24) is 4.90 Å². The molecule has 1 aliphatic rings. The summed E-state index contributed by atoms with van der Waals surface area (Å²) in [4.78, 5) is 2.57. The number of benzene rings is 2. The molecule has 0 saturated carbocycles. The molecule has 1 fully saturated rings. The summed E-state index contributed by atoms with van der Waals surface area (Å²) in [7, 11) is 0. The van der Waals surface area contributed by atoms with Gasteiger partial charge in [-0.05, 0) is 69.4 Å². The first-order valence-corrected chi connectivity index (χ1v) is 8.85. The van der Waals surface area contributed by atoms with Crippen molar-refractivity contribution in [1.29, 1.82) is 0 Å². The molecule has 0 radical (unpaired) electrons. The number of ether oxygens (including phenoxy) is 1. The Morgan fingerprint density at radius 1 is 0.870 bits per heavy atom. The molecule has 0 aliphatic carbocycles. The summed E-state index contributed by atoms with van der Waals surface area (Å²) in [6.45, 7) is 6.76. The lowest BCUT2D eigenvalue weighted by molar-refractivity contribution is 0.280. The number of unbranched alkanes of at least 4 members (excludes halogenated alkanes) is 1. The minimum Gasteiger partial charge on any atom is -0.493 e. The fraction of sp³-hybridized carbons (Fsp3) is 0.429. The zero-order chi connectivity index (χ0) is 15.9. The van der Waals surface area contributed by atoms with Crippen molar-refractivity contribution in [3.63, 3.8) is 0 Å². The molecule has 122 valence electrons. The molecule has 1 saturated heterocycles. The molecule has 2 aromatic carbocycles. The second-order valence-corrected chi connectivity index (χ2v) is 6.42. The fourth-order valence-electron chi connectivity index (χ4n) is 3.32. The van der Waals surface area contributed by atoms with E-state index < -0.39 is 0 Å². The van der Waals surface area contributed by atoms with Gasteiger partial charge in [0.1, 0.15) is 5.75 Å². The minimum absolute atomic E-state index is 0.802. The van der Waals surface area contributed by atoms with Crippen LogP contribution in [0.1, 0.15) is 31.2 Å². The lowest BCUT2D eigenvalue weighted by Crippen LogP contribution is -2.20. The number of para-hydroxylation sites is 1. The fourth-order valence-corrected chi connectivity index (χ4v) is 3.32. The SMILES string of the molecule is Cc1ccccc1-c1ccccc1OCCCCN1CCCC1. The molecule has 1 heterocycles. The van der Waals surface area contributed by atoms with E-state index in [1.165, 1.54) is 55.6 Å². The highest BCUT2D eigenvalue weighted by molar-refractivity contribution is 5.73. The number of likely N-dealkylation sites (tertiary alicyclic amines) is 1. The Morgan fingerprint density at radius 2 is 1.57 bits per heavy atom. The van der Waals surface area contributed by atoms with Crippen LogP contribution >= 0.6 is 0 Å². The number of nitrogens with zero attached hydrogens (tertiary/aromatic N) is 1. The molecule has 0 N–H and O–H groups in total. The normalized spacial score (nSPS) is 15.0. The van der Waals surface area contributed by atoms with Crippen LogP contribution in [0.3, 0.4) is 0 Å². The van der Waals surface area contributed by atoms with Gasteiger partial charge in [0, 0.05) is 5.56 Å². The molecule has 0 amide bonds. The van der Waals surface area contributed by atoms with E-state index in [0.29, 0.717) is 0 Å². The second-order valence-electron chi connectivity index (χ2n) is 6.42. The summed E-state index contributed by atoms with van der Waals surface area (Å²) in [6, 6.07) is 16.9. The maximum absolute atomic E-state index is 6.09. The van der Waals surface area contributed by atoms with Gasteiger partial charge >= 0.3 is 0 Å². The molecule has 2 nitrogen and oxygen atoms in total. The first-order chi connectivity index (χ1) is 11.3. The Labute approximate surface area is 140 Å². The highest BCUT2D eigenvalue weighted by Gasteiger charge is 2.11. The summed E-state index contributed by atoms with van der Waals surface area (Å²) in [5.41, 5.74) is 3.75. The van der Waals surface area contributed by atoms with E-state index >= 15 is 0 Å². The van der Waals surface area contributed by atoms with Crippen LogP contribution in [0.25, 0.3) is 11.1 Å². The second kappa shape index (κ2) is 8.16. The molecule has 0 unspecified atom stereocenters. The lowest BCUT2D eigenvalue weighted by Gasteiger charge is -2.15. The van der Waals surface area contributed by atoms with E-state index in [2.05, 4.69) is 60.4 Å². The molecule has 0 spiro atoms. The van der Waals surface area contributed by atoms with Crippen molar-refractivity contribution < 1.29 is 4.74 Å². The zero-order valence-corrected chi connectivity index (χ0v) is 14.1. The Kier molecular flexibility index (Phi) is 5.71. The van der Waals surface area contributed by atoms with Crippen LogP contribution in [0, 0.1) is 6.92 Å². The van der Waals surface area contributed by atoms with E-state index in [-0.39, 0.29) is 0 Å². The predicted molar refractivity (Wildman–Crippen MR) is 97.0 cm³/mol. The molecule has 3 rings (SSSR count). The smallest absolute Gasteiger partial charge is 0.127 e. The molecular formula is C21H27NO. The first-order valence-electron chi connectivity index (χ1n) is 8.85. The van der Waals surface area contributed by atoms with Gasteiger partial charge in [-0.15, -0.1) is 0 Å². The average molecular weight is 309 g/mol. The summed E-state index contributed by atoms with van der Waals surface area (Å²) in [5, 5.41) is 0. The van der Waals surface area contributed by atoms with Gasteiger partial charge < -0.3 is 9.64 Å². The average Bonchev–Trinajstić information content (AvgIpc) is 3.09. The standard InChI is InChI=1S/C21H27NO/c1-18-10-2-3-11-19(18)20-12-4-5-13-21(20)23-17-9-8-16-22-14-6-7-15-22/h2-5,10-13H,6-9,14-17H2,1H3. The summed E-state index contributed by atoms with van der Waals surface area (Å²) in [6.07, 6.45) is 5.10. The summed E-state index contributed by atoms with van der Waals surface area (Å²) >= 11 is 0. The quantitative estimate of drug-likeness (QED) is 0.673. The zero-order valence-electron chi connectivity index (χ0n) is 14.1. The van der Waals surface area contributed by atoms with Gasteiger partial charge in [0.25, 0.3) is 0 Å². The van der Waals surface area contributed by atoms with Gasteiger partial charge in [0.15, 0.2) is 0 Å². The number of aryl methyl sites for hydroxylation is 1. The van der Waals surface area contributed by atoms with Crippen LogP contribution in [0.4, 0.5) is 0 Å². The third kappa shape index (κ3) is 4.35. The van der Waals surface area contributed by atoms with Gasteiger partial charge in [0.05, 0.1) is 6.61 Å². The Bertz CT molecular complexity index is 617. The highest BCUT2D eigenvalue weighted by atomic mass is 16.5. The molecular weight excluding hydrogens is 282 g/mol. The van der Waals surface area contributed by atoms with Crippen LogP contribution in [-0.4, -0.2) is 31.1 Å². The largest absolute Gasteiger partial charge is 0.493 e. The summed E-state index contributed by atoms with van der Waals surface area (Å²) in [5.74, 6) is 1.00. The van der Waals surface area contributed by atoms with Gasteiger partial charge in [-0.25, -0.2) is 0 Å². The molecule has 2 heteroatoms. The predicted octanol–water partition coefficient (Wildman–Crippen LogP) is 4.92. The van der Waals surface area contributed by atoms with Crippen molar-refractivity contribution in [3.05, 3.63) is 54.1 Å². The van der Waals surface area contributed by atoms with Gasteiger partial charge in [-0.1, -0.05) is 42.5 Å². The molecule has 0 aromatic heterocycles. The maximum atomic E-state index is 6.09. The van der Waals surface area contributed by atoms with Crippen molar-refractivity contribution in [2.24, 2.45) is 0 Å². The Hall–Kier alpha value is -1.80. The van der Waals surface area contributed by atoms with Crippen LogP contribution < -0.4 is 4.74 Å². The summed E-state index contributed by atoms with van der Waals surface area (Å²) < 4.78 is 6.09. The van der Waals surface area contributed by atoms with E-state index in [9.17, 15) is 0 Å². The van der Waals surface area contributed by atoms with Gasteiger partial charge in [-0.2, -0.15) is 0 Å². The monoisotopic (exact) mass is 309 g/mol. The maximum Gasteiger partial charge on any atom is 0.127 e. The van der Waals surface area contributed by atoms with Crippen LogP contribution in [0.2, 0.25) is 0 Å². The van der Waals surface area contributed by atoms with Gasteiger partial charge in [-0.3, -0.25) is 0 Å². The van der Waals surface area contributed by atoms with Crippen molar-refractivity contribution in [2.45, 2.75) is 32.6 Å². The molecule has 0 bridgehead atoms. The molecule has 23 heavy (non-hydrogen) atoms. The first kappa shape index (κ1) is 16.1. The number of hydrogen-bond acceptors (Lipinski definition) is 2. The molecule has 0 atom stereocenters. The molecule has 1 aliphatic heterocycles. The van der Waals surface area contributed by atoms with E-state index in [0.717, 1.165) is 18.8 Å². The van der Waals surface area contributed by atoms with E-state index in [4.69, 9.17) is 4.74 Å². The van der Waals surface area contributed by atoms with Crippen LogP contribution in [-0.2, 0) is 0 Å². The van der Waals surface area contributed by atoms with E-state index in [1.54, 1.807) is 0 Å². The van der Waals surface area contributed by atoms with Crippen LogP contribution in [0.5, 0.6) is 5.75 Å². The Balaban J connectivity index is 1.55. The van der Waals surface area contributed by atoms with Crippen LogP contribution in [0.15, 0.2) is 48.5 Å². The van der Waals surface area contributed by atoms with Crippen molar-refractivity contribution >= 4 is 0 Å². The van der Waals surface area contributed by atoms with Gasteiger partial charge in [0.2, 0.25) is 0 Å². The number of hydrogen-bond donors (Lipinski definition) is 0. The van der Waals surface area contributed by atoms with Crippen molar-refractivity contribution in [2.75, 3.05) is 26.2 Å². The third-order valence-electron chi connectivity index (χ3n) is 4.65. The third-order valence-corrected chi connectivity index (χ3v) is 4.65. The molecule has 2 aromatic rings. The van der Waals surface area contributed by atoms with E-state index in [1.807, 2.05) is 0 Å². The topological polar surface area (TPSA) is 12.5 Å².